The first-order valence-corrected chi connectivity index (χ1v) is 8.60. The summed E-state index contributed by atoms with van der Waals surface area (Å²) < 4.78 is 0. The molecular weight excluding hydrogens is 359 g/mol. The number of aliphatic hydroxyl groups excluding tert-OH is 1. The van der Waals surface area contributed by atoms with Crippen molar-refractivity contribution in [2.24, 2.45) is 11.1 Å². The van der Waals surface area contributed by atoms with E-state index in [0.29, 0.717) is 18.4 Å². The minimum atomic E-state index is -1.40. The van der Waals surface area contributed by atoms with Gasteiger partial charge in [-0.05, 0) is 25.8 Å². The van der Waals surface area contributed by atoms with Gasteiger partial charge in [0.15, 0.2) is 5.60 Å². The molecule has 0 unspecified atom stereocenters. The average Bonchev–Trinajstić information content (AvgIpc) is 3.15. The predicted octanol–water partition coefficient (Wildman–Crippen LogP) is -2.81. The Kier molecular flexibility index (Phi) is 5.24. The zero-order valence-corrected chi connectivity index (χ0v) is 17.5. The van der Waals surface area contributed by atoms with Crippen molar-refractivity contribution in [3.8, 4) is 0 Å². The molecule has 0 spiro atoms. The number of amides is 1. The third-order valence-electron chi connectivity index (χ3n) is 5.53. The van der Waals surface area contributed by atoms with Crippen molar-refractivity contribution in [2.75, 3.05) is 0 Å². The summed E-state index contributed by atoms with van der Waals surface area (Å²) in [4.78, 5) is 31.0. The fraction of sp³-hybridized carbons (Fsp3) is 0.421. The van der Waals surface area contributed by atoms with Gasteiger partial charge in [-0.3, -0.25) is 4.79 Å². The van der Waals surface area contributed by atoms with Crippen LogP contribution < -0.4 is 34.7 Å². The van der Waals surface area contributed by atoms with Crippen LogP contribution in [0.5, 0.6) is 0 Å². The molecule has 0 saturated carbocycles. The summed E-state index contributed by atoms with van der Waals surface area (Å²) in [5.41, 5.74) is 1.04. The Labute approximate surface area is 179 Å². The third-order valence-corrected chi connectivity index (χ3v) is 5.53. The summed E-state index contributed by atoms with van der Waals surface area (Å²) >= 11 is 0. The Morgan fingerprint density at radius 1 is 1.41 bits per heavy atom. The van der Waals surface area contributed by atoms with Crippen LogP contribution in [0.15, 0.2) is 46.8 Å². The molecule has 27 heavy (non-hydrogen) atoms. The van der Waals surface area contributed by atoms with Crippen LogP contribution in [-0.4, -0.2) is 45.3 Å². The smallest absolute Gasteiger partial charge is 0.543 e. The van der Waals surface area contributed by atoms with Crippen LogP contribution in [0, 0.1) is 5.92 Å². The van der Waals surface area contributed by atoms with Crippen LogP contribution in [0.25, 0.3) is 0 Å². The van der Waals surface area contributed by atoms with Gasteiger partial charge in [-0.25, -0.2) is 0 Å². The molecule has 3 heterocycles. The molecule has 1 aromatic rings. The van der Waals surface area contributed by atoms with Gasteiger partial charge in [0.05, 0.1) is 35.4 Å². The average molecular weight is 378 g/mol. The molecule has 8 heteroatoms. The monoisotopic (exact) mass is 378 g/mol. The summed E-state index contributed by atoms with van der Waals surface area (Å²) in [6.07, 6.45) is -0.102. The predicted molar refractivity (Wildman–Crippen MR) is 89.5 cm³/mol. The number of hydrogen-bond acceptors (Lipinski definition) is 6. The molecule has 136 valence electrons. The number of aliphatic carboxylic acids is 1. The Morgan fingerprint density at radius 2 is 2.07 bits per heavy atom. The maximum atomic E-state index is 12.3. The quantitative estimate of drug-likeness (QED) is 0.450. The molecule has 3 aliphatic rings. The van der Waals surface area contributed by atoms with Crippen molar-refractivity contribution in [3.05, 3.63) is 47.2 Å². The molecule has 0 aliphatic carbocycles. The molecule has 3 aliphatic heterocycles. The number of aliphatic hydroxyl groups is 1. The van der Waals surface area contributed by atoms with Gasteiger partial charge in [-0.2, -0.15) is 0 Å². The number of rotatable bonds is 4. The molecule has 1 aromatic carbocycles. The van der Waals surface area contributed by atoms with Crippen LogP contribution >= 0.6 is 0 Å². The van der Waals surface area contributed by atoms with Crippen LogP contribution in [0.2, 0.25) is 0 Å². The molecule has 0 radical (unpaired) electrons. The number of β-lactam (4-membered cyclic amide) rings is 1. The van der Waals surface area contributed by atoms with Crippen LogP contribution in [0.4, 0.5) is 0 Å². The van der Waals surface area contributed by atoms with Gasteiger partial charge in [0.2, 0.25) is 5.91 Å². The Morgan fingerprint density at radius 3 is 2.67 bits per heavy atom. The normalized spacial score (nSPS) is 30.1. The number of benzene rings is 1. The number of carbonyl (C=O) groups is 2. The van der Waals surface area contributed by atoms with E-state index in [1.165, 1.54) is 4.90 Å². The number of nitrogens with zero attached hydrogens (tertiary/aromatic N) is 2. The summed E-state index contributed by atoms with van der Waals surface area (Å²) in [6, 6.07) is 9.15. The maximum absolute atomic E-state index is 12.3. The van der Waals surface area contributed by atoms with Gasteiger partial charge in [0.25, 0.3) is 0 Å². The molecule has 0 bridgehead atoms. The second kappa shape index (κ2) is 7.05. The number of carboxylic acids is 1. The zero-order chi connectivity index (χ0) is 18.6. The number of carbonyl (C=O) groups excluding carboxylic acids is 2. The molecule has 1 saturated heterocycles. The van der Waals surface area contributed by atoms with E-state index in [1.54, 1.807) is 13.8 Å². The second-order valence-electron chi connectivity index (χ2n) is 7.26. The Bertz CT molecular complexity index is 851. The summed E-state index contributed by atoms with van der Waals surface area (Å²) in [5.74, 6) is -2.38. The number of oxime groups is 1. The number of fused-ring (bicyclic) bond motifs is 1. The van der Waals surface area contributed by atoms with Gasteiger partial charge in [0.1, 0.15) is 0 Å². The standard InChI is InChI=1S/C19H20N2O5.Na/c1-10(22)15-14-8-12(16(18(24)25)21(14)17(15)23)19(2)9-13(20-26-19)11-6-4-3-5-7-11;/h3-7,10,14-15,22H,8-9H2,1-2H3,(H,24,25);/q;+1/p-1/t10-,14-,15-,19+;/m1./s1. The topological polar surface area (TPSA) is 102 Å². The van der Waals surface area contributed by atoms with Crippen molar-refractivity contribution in [1.82, 2.24) is 4.90 Å². The van der Waals surface area contributed by atoms with Crippen LogP contribution in [0.3, 0.4) is 0 Å². The molecule has 4 atom stereocenters. The van der Waals surface area contributed by atoms with Gasteiger partial charge >= 0.3 is 29.6 Å². The van der Waals surface area contributed by atoms with Crippen molar-refractivity contribution in [1.29, 1.82) is 0 Å². The second-order valence-corrected chi connectivity index (χ2v) is 7.26. The summed E-state index contributed by atoms with van der Waals surface area (Å²) in [5, 5.41) is 25.8. The van der Waals surface area contributed by atoms with E-state index < -0.39 is 23.6 Å². The Balaban J connectivity index is 0.00000210. The number of hydrogen-bond donors (Lipinski definition) is 1. The van der Waals surface area contributed by atoms with E-state index in [-0.39, 0.29) is 47.2 Å². The van der Waals surface area contributed by atoms with E-state index in [4.69, 9.17) is 4.84 Å². The molecule has 1 fully saturated rings. The van der Waals surface area contributed by atoms with Crippen LogP contribution in [0.1, 0.15) is 32.3 Å². The first kappa shape index (κ1) is 20.1. The first-order valence-electron chi connectivity index (χ1n) is 8.60. The summed E-state index contributed by atoms with van der Waals surface area (Å²) in [6.45, 7) is 3.32. The minimum absolute atomic E-state index is 0. The SMILES string of the molecule is C[C@@H](O)[C@H]1C(=O)N2C(C(=O)[O-])=C([C@]3(C)CC(c4ccccc4)=NO3)C[C@H]12.[Na+]. The van der Waals surface area contributed by atoms with Gasteiger partial charge in [-0.1, -0.05) is 35.5 Å². The molecular formula is C19H19N2NaO5. The molecule has 4 rings (SSSR count). The van der Waals surface area contributed by atoms with Crippen molar-refractivity contribution < 1.29 is 54.2 Å². The Hall–Kier alpha value is -1.67. The fourth-order valence-electron chi connectivity index (χ4n) is 4.22. The van der Waals surface area contributed by atoms with E-state index in [9.17, 15) is 19.8 Å². The molecule has 1 amide bonds. The van der Waals surface area contributed by atoms with Crippen molar-refractivity contribution in [3.63, 3.8) is 0 Å². The van der Waals surface area contributed by atoms with Gasteiger partial charge in [-0.15, -0.1) is 0 Å². The van der Waals surface area contributed by atoms with Crippen LogP contribution in [-0.2, 0) is 14.4 Å². The van der Waals surface area contributed by atoms with Crippen molar-refractivity contribution >= 4 is 17.6 Å². The zero-order valence-electron chi connectivity index (χ0n) is 15.5. The van der Waals surface area contributed by atoms with Gasteiger partial charge in [0, 0.05) is 12.0 Å². The van der Waals surface area contributed by atoms with E-state index in [2.05, 4.69) is 5.16 Å². The molecule has 7 nitrogen and oxygen atoms in total. The van der Waals surface area contributed by atoms with E-state index >= 15 is 0 Å². The summed E-state index contributed by atoms with van der Waals surface area (Å²) in [7, 11) is 0. The van der Waals surface area contributed by atoms with Gasteiger partial charge < -0.3 is 24.7 Å². The number of carboxylic acid groups (broad SMARTS) is 1. The minimum Gasteiger partial charge on any atom is -0.543 e. The maximum Gasteiger partial charge on any atom is 1.00 e. The van der Waals surface area contributed by atoms with Crippen molar-refractivity contribution in [2.45, 2.75) is 44.4 Å². The molecule has 1 N–H and O–H groups in total. The van der Waals surface area contributed by atoms with E-state index in [1.807, 2.05) is 30.3 Å². The largest absolute Gasteiger partial charge is 1.00 e. The first-order chi connectivity index (χ1) is 12.3. The van der Waals surface area contributed by atoms with E-state index in [0.717, 1.165) is 11.3 Å². The fourth-order valence-corrected chi connectivity index (χ4v) is 4.22. The third kappa shape index (κ3) is 3.02. The molecule has 0 aromatic heterocycles.